The van der Waals surface area contributed by atoms with E-state index in [0.29, 0.717) is 0 Å². The molecule has 0 unspecified atom stereocenters. The molecule has 4 aromatic rings. The Hall–Kier alpha value is -3.15. The van der Waals surface area contributed by atoms with Crippen molar-refractivity contribution < 1.29 is 4.74 Å². The highest BCUT2D eigenvalue weighted by Gasteiger charge is 2.10. The summed E-state index contributed by atoms with van der Waals surface area (Å²) in [7, 11) is 1.73. The lowest BCUT2D eigenvalue weighted by molar-refractivity contribution is 0.241. The molecule has 126 valence electrons. The maximum Gasteiger partial charge on any atom is 0.326 e. The third-order valence-electron chi connectivity index (χ3n) is 4.16. The minimum Gasteiger partial charge on any atom is -0.489 e. The molecular weight excluding hydrogens is 316 g/mol. The number of fused-ring (bicyclic) bond motifs is 3. The monoisotopic (exact) mass is 334 g/mol. The lowest BCUT2D eigenvalue weighted by Gasteiger charge is -2.11. The van der Waals surface area contributed by atoms with E-state index in [2.05, 4.69) is 15.0 Å². The molecule has 0 bridgehead atoms. The van der Waals surface area contributed by atoms with Gasteiger partial charge in [0.25, 0.3) is 0 Å². The van der Waals surface area contributed by atoms with Gasteiger partial charge in [0, 0.05) is 24.2 Å². The van der Waals surface area contributed by atoms with Crippen LogP contribution in [0.5, 0.6) is 5.75 Å². The quantitative estimate of drug-likeness (QED) is 0.624. The number of nitrogens with one attached hydrogen (secondary N) is 1. The van der Waals surface area contributed by atoms with E-state index in [4.69, 9.17) is 4.74 Å². The van der Waals surface area contributed by atoms with Crippen LogP contribution in [-0.2, 0) is 7.05 Å². The molecule has 3 aromatic heterocycles. The number of aromatic nitrogens is 4. The summed E-state index contributed by atoms with van der Waals surface area (Å²) in [5.41, 5.74) is 4.21. The number of hydrogen-bond donors (Lipinski definition) is 1. The summed E-state index contributed by atoms with van der Waals surface area (Å²) in [5.74, 6) is 0.733. The van der Waals surface area contributed by atoms with Crippen molar-refractivity contribution in [3.8, 4) is 16.9 Å². The van der Waals surface area contributed by atoms with E-state index in [-0.39, 0.29) is 11.8 Å². The van der Waals surface area contributed by atoms with E-state index in [1.807, 2.05) is 38.1 Å². The van der Waals surface area contributed by atoms with Crippen molar-refractivity contribution in [2.45, 2.75) is 20.0 Å². The summed E-state index contributed by atoms with van der Waals surface area (Å²) in [6, 6.07) is 7.94. The van der Waals surface area contributed by atoms with Gasteiger partial charge in [-0.15, -0.1) is 0 Å². The molecule has 4 rings (SSSR count). The zero-order chi connectivity index (χ0) is 17.6. The summed E-state index contributed by atoms with van der Waals surface area (Å²) in [6.07, 6.45) is 5.31. The normalized spacial score (nSPS) is 11.5. The largest absolute Gasteiger partial charge is 0.489 e. The van der Waals surface area contributed by atoms with Crippen LogP contribution in [0.15, 0.2) is 47.7 Å². The van der Waals surface area contributed by atoms with Gasteiger partial charge in [0.2, 0.25) is 0 Å². The van der Waals surface area contributed by atoms with Gasteiger partial charge in [0.1, 0.15) is 5.75 Å². The summed E-state index contributed by atoms with van der Waals surface area (Å²) in [5, 5.41) is 0.905. The molecule has 0 atom stereocenters. The highest BCUT2D eigenvalue weighted by Crippen LogP contribution is 2.28. The van der Waals surface area contributed by atoms with Crippen LogP contribution in [0.3, 0.4) is 0 Å². The lowest BCUT2D eigenvalue weighted by atomic mass is 10.0. The van der Waals surface area contributed by atoms with Gasteiger partial charge in [-0.25, -0.2) is 4.79 Å². The first-order valence-electron chi connectivity index (χ1n) is 8.12. The van der Waals surface area contributed by atoms with Crippen LogP contribution < -0.4 is 10.4 Å². The van der Waals surface area contributed by atoms with Crippen LogP contribution in [-0.4, -0.2) is 25.6 Å². The Balaban J connectivity index is 1.90. The van der Waals surface area contributed by atoms with Crippen LogP contribution in [0.4, 0.5) is 0 Å². The minimum absolute atomic E-state index is 0.0897. The Kier molecular flexibility index (Phi) is 3.53. The van der Waals surface area contributed by atoms with Gasteiger partial charge in [0.05, 0.1) is 35.0 Å². The van der Waals surface area contributed by atoms with Gasteiger partial charge >= 0.3 is 5.69 Å². The van der Waals surface area contributed by atoms with Crippen LogP contribution >= 0.6 is 0 Å². The van der Waals surface area contributed by atoms with Gasteiger partial charge in [-0.1, -0.05) is 6.07 Å². The van der Waals surface area contributed by atoms with Crippen molar-refractivity contribution in [1.29, 1.82) is 0 Å². The van der Waals surface area contributed by atoms with Crippen molar-refractivity contribution in [3.63, 3.8) is 0 Å². The van der Waals surface area contributed by atoms with E-state index in [1.54, 1.807) is 30.2 Å². The molecule has 0 amide bonds. The fraction of sp³-hybridized carbons (Fsp3) is 0.211. The first-order chi connectivity index (χ1) is 12.0. The van der Waals surface area contributed by atoms with Crippen molar-refractivity contribution in [1.82, 2.24) is 19.5 Å². The molecule has 0 spiro atoms. The molecule has 1 aromatic carbocycles. The van der Waals surface area contributed by atoms with Crippen molar-refractivity contribution >= 4 is 21.9 Å². The Morgan fingerprint density at radius 1 is 1.12 bits per heavy atom. The fourth-order valence-electron chi connectivity index (χ4n) is 2.96. The fourth-order valence-corrected chi connectivity index (χ4v) is 2.96. The third-order valence-corrected chi connectivity index (χ3v) is 4.16. The van der Waals surface area contributed by atoms with E-state index in [1.165, 1.54) is 0 Å². The molecule has 0 saturated carbocycles. The highest BCUT2D eigenvalue weighted by molar-refractivity contribution is 6.03. The second kappa shape index (κ2) is 5.73. The number of aryl methyl sites for hydroxylation is 1. The average molecular weight is 334 g/mol. The molecule has 1 N–H and O–H groups in total. The summed E-state index contributed by atoms with van der Waals surface area (Å²) >= 11 is 0. The van der Waals surface area contributed by atoms with E-state index in [0.717, 1.165) is 38.8 Å². The maximum absolute atomic E-state index is 11.9. The first kappa shape index (κ1) is 15.4. The second-order valence-corrected chi connectivity index (χ2v) is 6.32. The van der Waals surface area contributed by atoms with Crippen molar-refractivity contribution in [2.75, 3.05) is 0 Å². The molecule has 6 heteroatoms. The zero-order valence-electron chi connectivity index (χ0n) is 14.3. The Morgan fingerprint density at radius 3 is 2.76 bits per heavy atom. The Morgan fingerprint density at radius 2 is 1.96 bits per heavy atom. The smallest absolute Gasteiger partial charge is 0.326 e. The minimum atomic E-state index is -0.149. The number of aromatic amines is 1. The molecule has 3 heterocycles. The van der Waals surface area contributed by atoms with Crippen LogP contribution in [0, 0.1) is 0 Å². The molecule has 0 saturated heterocycles. The predicted octanol–water partition coefficient (Wildman–Crippen LogP) is 3.26. The highest BCUT2D eigenvalue weighted by atomic mass is 16.5. The van der Waals surface area contributed by atoms with Gasteiger partial charge in [-0.2, -0.15) is 0 Å². The first-order valence-corrected chi connectivity index (χ1v) is 8.12. The number of pyridine rings is 2. The second-order valence-electron chi connectivity index (χ2n) is 6.32. The number of ether oxygens (including phenoxy) is 1. The van der Waals surface area contributed by atoms with Crippen LogP contribution in [0.25, 0.3) is 33.1 Å². The van der Waals surface area contributed by atoms with Crippen LogP contribution in [0.2, 0.25) is 0 Å². The molecular formula is C19H18N4O2. The molecule has 0 aliphatic rings. The molecule has 0 fully saturated rings. The van der Waals surface area contributed by atoms with Gasteiger partial charge in [-0.3, -0.25) is 14.5 Å². The molecule has 0 aliphatic carbocycles. The van der Waals surface area contributed by atoms with E-state index >= 15 is 0 Å². The van der Waals surface area contributed by atoms with E-state index < -0.39 is 0 Å². The van der Waals surface area contributed by atoms with Crippen molar-refractivity contribution in [2.24, 2.45) is 7.05 Å². The lowest BCUT2D eigenvalue weighted by Crippen LogP contribution is -2.11. The standard InChI is InChI=1S/C19H18N4O2/c1-11(2)25-14-6-13(8-20-9-14)12-4-5-16-15(7-12)18-17(10-21-16)23(3)19(24)22-18/h4-11H,1-3H3,(H,22,24). The zero-order valence-corrected chi connectivity index (χ0v) is 14.3. The number of nitrogens with zero attached hydrogens (tertiary/aromatic N) is 3. The Bertz CT molecular complexity index is 1140. The number of imidazole rings is 1. The molecule has 6 nitrogen and oxygen atoms in total. The van der Waals surface area contributed by atoms with Crippen LogP contribution in [0.1, 0.15) is 13.8 Å². The van der Waals surface area contributed by atoms with Crippen molar-refractivity contribution in [3.05, 3.63) is 53.3 Å². The topological polar surface area (TPSA) is 72.8 Å². The summed E-state index contributed by atoms with van der Waals surface area (Å²) in [4.78, 5) is 23.6. The van der Waals surface area contributed by atoms with Gasteiger partial charge < -0.3 is 9.72 Å². The average Bonchev–Trinajstić information content (AvgIpc) is 2.89. The maximum atomic E-state index is 11.9. The van der Waals surface area contributed by atoms with Gasteiger partial charge in [0.15, 0.2) is 0 Å². The third kappa shape index (κ3) is 2.65. The number of H-pyrrole nitrogens is 1. The Labute approximate surface area is 144 Å². The SMILES string of the molecule is CC(C)Oc1cncc(-c2ccc3ncc4c([nH]c(=O)n4C)c3c2)c1. The molecule has 0 radical (unpaired) electrons. The van der Waals surface area contributed by atoms with Gasteiger partial charge in [-0.05, 0) is 37.6 Å². The number of hydrogen-bond acceptors (Lipinski definition) is 4. The summed E-state index contributed by atoms with van der Waals surface area (Å²) < 4.78 is 7.29. The number of rotatable bonds is 3. The molecule has 0 aliphatic heterocycles. The van der Waals surface area contributed by atoms with E-state index in [9.17, 15) is 4.79 Å². The predicted molar refractivity (Wildman–Crippen MR) is 97.8 cm³/mol. The molecule has 25 heavy (non-hydrogen) atoms. The summed E-state index contributed by atoms with van der Waals surface area (Å²) in [6.45, 7) is 3.97. The number of benzene rings is 1.